The summed E-state index contributed by atoms with van der Waals surface area (Å²) in [5, 5.41) is 0. The fourth-order valence-corrected chi connectivity index (χ4v) is 3.99. The van der Waals surface area contributed by atoms with E-state index in [-0.39, 0.29) is 0 Å². The third-order valence-corrected chi connectivity index (χ3v) is 5.10. The average Bonchev–Trinajstić information content (AvgIpc) is 2.84. The molecule has 1 N–H and O–H groups in total. The number of benzene rings is 1. The number of hydrogen-bond donors (Lipinski definition) is 1. The molecule has 0 amide bonds. The molecule has 0 saturated carbocycles. The lowest BCUT2D eigenvalue weighted by Crippen LogP contribution is -1.97. The van der Waals surface area contributed by atoms with E-state index >= 15 is 0 Å². The standard InChI is InChI=1S/C12H8Br2N2S2/c13-7-1-3-10-9(5-7)15-12(17)16(10)6-8-2-4-11(14)18-8/h1-5H,6H2,(H,15,17). The molecule has 0 spiro atoms. The summed E-state index contributed by atoms with van der Waals surface area (Å²) >= 11 is 14.1. The summed E-state index contributed by atoms with van der Waals surface area (Å²) in [6.07, 6.45) is 0. The van der Waals surface area contributed by atoms with Crippen LogP contribution in [0.15, 0.2) is 38.6 Å². The van der Waals surface area contributed by atoms with Gasteiger partial charge in [0, 0.05) is 9.35 Å². The van der Waals surface area contributed by atoms with Crippen LogP contribution >= 0.6 is 55.4 Å². The Kier molecular flexibility index (Phi) is 3.44. The van der Waals surface area contributed by atoms with Crippen LogP contribution in [0.2, 0.25) is 0 Å². The van der Waals surface area contributed by atoms with Crippen LogP contribution in [-0.2, 0) is 6.54 Å². The third-order valence-electron chi connectivity index (χ3n) is 2.68. The highest BCUT2D eigenvalue weighted by atomic mass is 79.9. The van der Waals surface area contributed by atoms with Crippen LogP contribution in [0.1, 0.15) is 4.88 Å². The van der Waals surface area contributed by atoms with Crippen molar-refractivity contribution in [2.24, 2.45) is 0 Å². The highest BCUT2D eigenvalue weighted by molar-refractivity contribution is 9.11. The molecule has 0 radical (unpaired) electrons. The Morgan fingerprint density at radius 2 is 2.06 bits per heavy atom. The van der Waals surface area contributed by atoms with Crippen LogP contribution in [0, 0.1) is 4.77 Å². The number of hydrogen-bond acceptors (Lipinski definition) is 2. The van der Waals surface area contributed by atoms with Crippen LogP contribution in [0.4, 0.5) is 0 Å². The largest absolute Gasteiger partial charge is 0.331 e. The van der Waals surface area contributed by atoms with Crippen molar-refractivity contribution in [3.63, 3.8) is 0 Å². The topological polar surface area (TPSA) is 20.7 Å². The Hall–Kier alpha value is -0.430. The fraction of sp³-hybridized carbons (Fsp3) is 0.0833. The van der Waals surface area contributed by atoms with Gasteiger partial charge in [0.05, 0.1) is 21.4 Å². The minimum absolute atomic E-state index is 0.757. The molecule has 1 aromatic carbocycles. The first-order valence-corrected chi connectivity index (χ1v) is 8.07. The van der Waals surface area contributed by atoms with Gasteiger partial charge in [-0.2, -0.15) is 0 Å². The molecule has 3 rings (SSSR count). The zero-order chi connectivity index (χ0) is 12.7. The Balaban J connectivity index is 2.11. The van der Waals surface area contributed by atoms with Crippen molar-refractivity contribution in [2.75, 3.05) is 0 Å². The molecule has 0 aliphatic carbocycles. The number of imidazole rings is 1. The summed E-state index contributed by atoms with van der Waals surface area (Å²) in [5.74, 6) is 0. The van der Waals surface area contributed by atoms with Crippen LogP contribution in [0.3, 0.4) is 0 Å². The normalized spacial score (nSPS) is 11.2. The van der Waals surface area contributed by atoms with Crippen molar-refractivity contribution < 1.29 is 0 Å². The van der Waals surface area contributed by atoms with E-state index in [9.17, 15) is 0 Å². The second-order valence-electron chi connectivity index (χ2n) is 3.88. The van der Waals surface area contributed by atoms with Gasteiger partial charge in [0.15, 0.2) is 4.77 Å². The average molecular weight is 404 g/mol. The van der Waals surface area contributed by atoms with Gasteiger partial charge in [-0.05, 0) is 58.5 Å². The number of aromatic nitrogens is 2. The van der Waals surface area contributed by atoms with Crippen molar-refractivity contribution >= 4 is 66.4 Å². The molecular formula is C12H8Br2N2S2. The van der Waals surface area contributed by atoms with E-state index in [1.807, 2.05) is 12.1 Å². The minimum atomic E-state index is 0.757. The van der Waals surface area contributed by atoms with Crippen LogP contribution in [0.5, 0.6) is 0 Å². The summed E-state index contributed by atoms with van der Waals surface area (Å²) in [6, 6.07) is 10.3. The van der Waals surface area contributed by atoms with Gasteiger partial charge in [-0.3, -0.25) is 0 Å². The van der Waals surface area contributed by atoms with Crippen LogP contribution < -0.4 is 0 Å². The maximum atomic E-state index is 5.39. The lowest BCUT2D eigenvalue weighted by atomic mass is 10.3. The summed E-state index contributed by atoms with van der Waals surface area (Å²) in [6.45, 7) is 0.802. The van der Waals surface area contributed by atoms with Crippen molar-refractivity contribution in [1.82, 2.24) is 9.55 Å². The predicted octanol–water partition coefficient (Wildman–Crippen LogP) is 5.33. The lowest BCUT2D eigenvalue weighted by Gasteiger charge is -2.02. The first kappa shape index (κ1) is 12.6. The molecule has 2 nitrogen and oxygen atoms in total. The molecule has 2 aromatic heterocycles. The number of nitrogens with one attached hydrogen (secondary N) is 1. The molecule has 0 saturated heterocycles. The zero-order valence-electron chi connectivity index (χ0n) is 9.11. The molecule has 0 aliphatic rings. The maximum Gasteiger partial charge on any atom is 0.178 e. The van der Waals surface area contributed by atoms with Crippen LogP contribution in [0.25, 0.3) is 11.0 Å². The van der Waals surface area contributed by atoms with Gasteiger partial charge in [0.1, 0.15) is 0 Å². The number of thiophene rings is 1. The molecular weight excluding hydrogens is 396 g/mol. The number of H-pyrrole nitrogens is 1. The second-order valence-corrected chi connectivity index (χ2v) is 7.73. The molecule has 18 heavy (non-hydrogen) atoms. The Morgan fingerprint density at radius 3 is 2.78 bits per heavy atom. The van der Waals surface area contributed by atoms with Crippen molar-refractivity contribution in [1.29, 1.82) is 0 Å². The van der Waals surface area contributed by atoms with Crippen LogP contribution in [-0.4, -0.2) is 9.55 Å². The number of aromatic amines is 1. The van der Waals surface area contributed by atoms with Gasteiger partial charge in [-0.15, -0.1) is 11.3 Å². The van der Waals surface area contributed by atoms with Gasteiger partial charge < -0.3 is 9.55 Å². The fourth-order valence-electron chi connectivity index (χ4n) is 1.89. The Labute approximate surface area is 130 Å². The van der Waals surface area contributed by atoms with E-state index in [4.69, 9.17) is 12.2 Å². The summed E-state index contributed by atoms with van der Waals surface area (Å²) in [4.78, 5) is 4.52. The van der Waals surface area contributed by atoms with Gasteiger partial charge in [0.2, 0.25) is 0 Å². The van der Waals surface area contributed by atoms with E-state index < -0.39 is 0 Å². The molecule has 92 valence electrons. The van der Waals surface area contributed by atoms with Gasteiger partial charge in [-0.25, -0.2) is 0 Å². The minimum Gasteiger partial charge on any atom is -0.331 e. The van der Waals surface area contributed by atoms with E-state index in [2.05, 4.69) is 59.6 Å². The first-order chi connectivity index (χ1) is 8.63. The maximum absolute atomic E-state index is 5.39. The lowest BCUT2D eigenvalue weighted by molar-refractivity contribution is 0.823. The quantitative estimate of drug-likeness (QED) is 0.573. The molecule has 2 heterocycles. The molecule has 0 aliphatic heterocycles. The van der Waals surface area contributed by atoms with Crippen molar-refractivity contribution in [3.8, 4) is 0 Å². The summed E-state index contributed by atoms with van der Waals surface area (Å²) < 4.78 is 5.08. The molecule has 6 heteroatoms. The molecule has 0 fully saturated rings. The Morgan fingerprint density at radius 1 is 1.22 bits per heavy atom. The van der Waals surface area contributed by atoms with Crippen molar-refractivity contribution in [2.45, 2.75) is 6.54 Å². The number of fused-ring (bicyclic) bond motifs is 1. The third kappa shape index (κ3) is 2.34. The predicted molar refractivity (Wildman–Crippen MR) is 85.9 cm³/mol. The number of halogens is 2. The van der Waals surface area contributed by atoms with Gasteiger partial charge in [-0.1, -0.05) is 15.9 Å². The second kappa shape index (κ2) is 4.92. The molecule has 3 aromatic rings. The molecule has 0 unspecified atom stereocenters. The van der Waals surface area contributed by atoms with E-state index in [1.54, 1.807) is 11.3 Å². The Bertz CT molecular complexity index is 770. The highest BCUT2D eigenvalue weighted by Gasteiger charge is 2.06. The number of rotatable bonds is 2. The first-order valence-electron chi connectivity index (χ1n) is 5.26. The highest BCUT2D eigenvalue weighted by Crippen LogP contribution is 2.25. The monoisotopic (exact) mass is 402 g/mol. The summed E-state index contributed by atoms with van der Waals surface area (Å²) in [7, 11) is 0. The van der Waals surface area contributed by atoms with E-state index in [1.165, 1.54) is 4.88 Å². The SMILES string of the molecule is S=c1[nH]c2cc(Br)ccc2n1Cc1ccc(Br)s1. The van der Waals surface area contributed by atoms with Gasteiger partial charge >= 0.3 is 0 Å². The molecule has 0 atom stereocenters. The van der Waals surface area contributed by atoms with E-state index in [0.717, 1.165) is 30.6 Å². The summed E-state index contributed by atoms with van der Waals surface area (Å²) in [5.41, 5.74) is 2.19. The molecule has 0 bridgehead atoms. The van der Waals surface area contributed by atoms with Gasteiger partial charge in [0.25, 0.3) is 0 Å². The number of nitrogens with zero attached hydrogens (tertiary/aromatic N) is 1. The van der Waals surface area contributed by atoms with Crippen molar-refractivity contribution in [3.05, 3.63) is 48.2 Å². The smallest absolute Gasteiger partial charge is 0.178 e. The van der Waals surface area contributed by atoms with E-state index in [0.29, 0.717) is 0 Å². The zero-order valence-corrected chi connectivity index (χ0v) is 13.9.